The molecule has 1 saturated carbocycles. The topological polar surface area (TPSA) is 56.5 Å². The Morgan fingerprint density at radius 3 is 2.13 bits per heavy atom. The molecule has 0 atom stereocenters. The van der Waals surface area contributed by atoms with Crippen molar-refractivity contribution in [2.24, 2.45) is 5.73 Å². The first-order chi connectivity index (χ1) is 7.26. The average molecular weight is 216 g/mol. The minimum absolute atomic E-state index is 0.305. The van der Waals surface area contributed by atoms with E-state index in [1.165, 1.54) is 12.8 Å². The lowest BCUT2D eigenvalue weighted by Gasteiger charge is -2.30. The largest absolute Gasteiger partial charge is 0.383 e. The highest BCUT2D eigenvalue weighted by atomic mass is 16.5. The molecule has 4 heteroatoms. The fourth-order valence-electron chi connectivity index (χ4n) is 2.17. The molecule has 15 heavy (non-hydrogen) atoms. The van der Waals surface area contributed by atoms with Crippen molar-refractivity contribution in [2.45, 2.75) is 43.8 Å². The van der Waals surface area contributed by atoms with Crippen molar-refractivity contribution < 1.29 is 9.47 Å². The van der Waals surface area contributed by atoms with Crippen LogP contribution in [0, 0.1) is 0 Å². The van der Waals surface area contributed by atoms with Gasteiger partial charge >= 0.3 is 0 Å². The van der Waals surface area contributed by atoms with Gasteiger partial charge in [-0.15, -0.1) is 0 Å². The van der Waals surface area contributed by atoms with Gasteiger partial charge in [0.2, 0.25) is 0 Å². The highest BCUT2D eigenvalue weighted by Gasteiger charge is 2.20. The van der Waals surface area contributed by atoms with E-state index >= 15 is 0 Å². The van der Waals surface area contributed by atoms with E-state index < -0.39 is 0 Å². The Morgan fingerprint density at radius 2 is 1.67 bits per heavy atom. The SMILES string of the molecule is COCC(COC)N[C@H]1CC[C@H](N)CC1. The third kappa shape index (κ3) is 4.93. The van der Waals surface area contributed by atoms with Crippen LogP contribution in [0.3, 0.4) is 0 Å². The third-order valence-corrected chi connectivity index (χ3v) is 2.98. The van der Waals surface area contributed by atoms with Crippen molar-refractivity contribution >= 4 is 0 Å². The van der Waals surface area contributed by atoms with Crippen LogP contribution in [0.15, 0.2) is 0 Å². The summed E-state index contributed by atoms with van der Waals surface area (Å²) >= 11 is 0. The smallest absolute Gasteiger partial charge is 0.0638 e. The molecule has 0 spiro atoms. The lowest BCUT2D eigenvalue weighted by Crippen LogP contribution is -2.46. The Labute approximate surface area is 92.5 Å². The minimum atomic E-state index is 0.305. The monoisotopic (exact) mass is 216 g/mol. The molecule has 0 aromatic heterocycles. The zero-order valence-corrected chi connectivity index (χ0v) is 9.87. The summed E-state index contributed by atoms with van der Waals surface area (Å²) in [6, 6.07) is 1.30. The van der Waals surface area contributed by atoms with E-state index in [1.807, 2.05) is 0 Å². The number of methoxy groups -OCH3 is 2. The molecule has 0 amide bonds. The van der Waals surface area contributed by atoms with E-state index in [0.717, 1.165) is 12.8 Å². The van der Waals surface area contributed by atoms with Crippen LogP contribution in [0.5, 0.6) is 0 Å². The van der Waals surface area contributed by atoms with Crippen molar-refractivity contribution in [3.63, 3.8) is 0 Å². The Balaban J connectivity index is 2.24. The number of ether oxygens (including phenoxy) is 2. The summed E-state index contributed by atoms with van der Waals surface area (Å²) in [5, 5.41) is 3.57. The Bertz CT molecular complexity index is 153. The van der Waals surface area contributed by atoms with E-state index in [1.54, 1.807) is 14.2 Å². The fraction of sp³-hybridized carbons (Fsp3) is 1.00. The number of nitrogens with one attached hydrogen (secondary N) is 1. The molecule has 3 N–H and O–H groups in total. The van der Waals surface area contributed by atoms with E-state index in [2.05, 4.69) is 5.32 Å². The van der Waals surface area contributed by atoms with E-state index in [-0.39, 0.29) is 0 Å². The highest BCUT2D eigenvalue weighted by molar-refractivity contribution is 4.81. The van der Waals surface area contributed by atoms with Gasteiger partial charge in [-0.2, -0.15) is 0 Å². The van der Waals surface area contributed by atoms with Crippen LogP contribution in [0.25, 0.3) is 0 Å². The van der Waals surface area contributed by atoms with Crippen LogP contribution in [0.1, 0.15) is 25.7 Å². The molecule has 0 aliphatic heterocycles. The average Bonchev–Trinajstić information content (AvgIpc) is 2.22. The lowest BCUT2D eigenvalue weighted by atomic mass is 9.91. The Kier molecular flexibility index (Phi) is 6.17. The number of hydrogen-bond donors (Lipinski definition) is 2. The number of hydrogen-bond acceptors (Lipinski definition) is 4. The van der Waals surface area contributed by atoms with E-state index in [4.69, 9.17) is 15.2 Å². The quantitative estimate of drug-likeness (QED) is 0.679. The van der Waals surface area contributed by atoms with Crippen molar-refractivity contribution in [2.75, 3.05) is 27.4 Å². The molecule has 1 aliphatic rings. The molecule has 0 unspecified atom stereocenters. The van der Waals surface area contributed by atoms with Gasteiger partial charge in [-0.1, -0.05) is 0 Å². The van der Waals surface area contributed by atoms with Gasteiger partial charge in [0.25, 0.3) is 0 Å². The van der Waals surface area contributed by atoms with E-state index in [0.29, 0.717) is 31.3 Å². The van der Waals surface area contributed by atoms with Crippen LogP contribution in [-0.2, 0) is 9.47 Å². The fourth-order valence-corrected chi connectivity index (χ4v) is 2.17. The number of nitrogens with two attached hydrogens (primary N) is 1. The van der Waals surface area contributed by atoms with Gasteiger partial charge in [-0.3, -0.25) is 0 Å². The molecule has 0 aromatic rings. The Hall–Kier alpha value is -0.160. The summed E-state index contributed by atoms with van der Waals surface area (Å²) in [6.45, 7) is 1.41. The second-order valence-corrected chi connectivity index (χ2v) is 4.39. The molecule has 1 fully saturated rings. The molecule has 0 radical (unpaired) electrons. The summed E-state index contributed by atoms with van der Waals surface area (Å²) in [6.07, 6.45) is 4.60. The summed E-state index contributed by atoms with van der Waals surface area (Å²) in [5.41, 5.74) is 5.87. The second-order valence-electron chi connectivity index (χ2n) is 4.39. The predicted octanol–water partition coefficient (Wildman–Crippen LogP) is 0.507. The zero-order valence-electron chi connectivity index (χ0n) is 9.87. The molecule has 0 saturated heterocycles. The van der Waals surface area contributed by atoms with Gasteiger partial charge in [0.1, 0.15) is 0 Å². The first kappa shape index (κ1) is 12.9. The van der Waals surface area contributed by atoms with Crippen LogP contribution in [0.4, 0.5) is 0 Å². The molecular weight excluding hydrogens is 192 g/mol. The minimum Gasteiger partial charge on any atom is -0.383 e. The van der Waals surface area contributed by atoms with E-state index in [9.17, 15) is 0 Å². The maximum atomic E-state index is 5.87. The molecule has 1 rings (SSSR count). The zero-order chi connectivity index (χ0) is 11.1. The normalized spacial score (nSPS) is 27.2. The van der Waals surface area contributed by atoms with Gasteiger partial charge in [0, 0.05) is 26.3 Å². The van der Waals surface area contributed by atoms with Crippen LogP contribution in [0.2, 0.25) is 0 Å². The van der Waals surface area contributed by atoms with Gasteiger partial charge < -0.3 is 20.5 Å². The van der Waals surface area contributed by atoms with Crippen LogP contribution in [-0.4, -0.2) is 45.6 Å². The van der Waals surface area contributed by atoms with Crippen molar-refractivity contribution in [3.8, 4) is 0 Å². The maximum absolute atomic E-state index is 5.87. The maximum Gasteiger partial charge on any atom is 0.0638 e. The van der Waals surface area contributed by atoms with Crippen molar-refractivity contribution in [1.29, 1.82) is 0 Å². The van der Waals surface area contributed by atoms with Crippen molar-refractivity contribution in [3.05, 3.63) is 0 Å². The third-order valence-electron chi connectivity index (χ3n) is 2.98. The summed E-state index contributed by atoms with van der Waals surface area (Å²) in [5.74, 6) is 0. The first-order valence-electron chi connectivity index (χ1n) is 5.75. The second kappa shape index (κ2) is 7.17. The Morgan fingerprint density at radius 1 is 1.13 bits per heavy atom. The van der Waals surface area contributed by atoms with Crippen molar-refractivity contribution in [1.82, 2.24) is 5.32 Å². The molecular formula is C11H24N2O2. The molecule has 90 valence electrons. The first-order valence-corrected chi connectivity index (χ1v) is 5.75. The summed E-state index contributed by atoms with van der Waals surface area (Å²) in [4.78, 5) is 0. The molecule has 4 nitrogen and oxygen atoms in total. The predicted molar refractivity (Wildman–Crippen MR) is 60.9 cm³/mol. The molecule has 1 aliphatic carbocycles. The van der Waals surface area contributed by atoms with Gasteiger partial charge in [-0.05, 0) is 25.7 Å². The van der Waals surface area contributed by atoms with Crippen LogP contribution >= 0.6 is 0 Å². The van der Waals surface area contributed by atoms with Crippen LogP contribution < -0.4 is 11.1 Å². The standard InChI is InChI=1S/C11H24N2O2/c1-14-7-11(8-15-2)13-10-5-3-9(12)4-6-10/h9-11,13H,3-8,12H2,1-2H3/t9-,10-. The van der Waals surface area contributed by atoms with Gasteiger partial charge in [0.05, 0.1) is 19.3 Å². The highest BCUT2D eigenvalue weighted by Crippen LogP contribution is 2.17. The summed E-state index contributed by atoms with van der Waals surface area (Å²) in [7, 11) is 3.45. The van der Waals surface area contributed by atoms with Gasteiger partial charge in [-0.25, -0.2) is 0 Å². The molecule has 0 aromatic carbocycles. The molecule has 0 bridgehead atoms. The summed E-state index contributed by atoms with van der Waals surface area (Å²) < 4.78 is 10.3. The molecule has 0 heterocycles. The number of rotatable bonds is 6. The lowest BCUT2D eigenvalue weighted by molar-refractivity contribution is 0.0937. The van der Waals surface area contributed by atoms with Gasteiger partial charge in [0.15, 0.2) is 0 Å².